The number of ether oxygens (including phenoxy) is 1. The van der Waals surface area contributed by atoms with E-state index in [0.717, 1.165) is 23.4 Å². The van der Waals surface area contributed by atoms with Crippen molar-refractivity contribution in [3.63, 3.8) is 0 Å². The van der Waals surface area contributed by atoms with Crippen LogP contribution in [0.3, 0.4) is 0 Å². The van der Waals surface area contributed by atoms with Gasteiger partial charge >= 0.3 is 0 Å². The summed E-state index contributed by atoms with van der Waals surface area (Å²) in [6.45, 7) is 0.472. The van der Waals surface area contributed by atoms with Gasteiger partial charge in [-0.25, -0.2) is 0 Å². The maximum absolute atomic E-state index is 13.2. The molecule has 1 saturated heterocycles. The fraction of sp³-hybridized carbons (Fsp3) is 0.412. The number of fused-ring (bicyclic) bond motifs is 1. The molecular formula is C17H19N5O3. The Morgan fingerprint density at radius 3 is 2.96 bits per heavy atom. The van der Waals surface area contributed by atoms with Crippen LogP contribution in [0.4, 0.5) is 5.69 Å². The fourth-order valence-corrected chi connectivity index (χ4v) is 3.50. The molecule has 0 aliphatic carbocycles. The smallest absolute Gasteiger partial charge is 0.258 e. The highest BCUT2D eigenvalue weighted by molar-refractivity contribution is 5.99. The predicted octanol–water partition coefficient (Wildman–Crippen LogP) is 0.303. The second kappa shape index (κ2) is 5.96. The zero-order valence-electron chi connectivity index (χ0n) is 14.1. The summed E-state index contributed by atoms with van der Waals surface area (Å²) in [5.74, 6) is -0.304. The largest absolute Gasteiger partial charge is 0.356 e. The molecule has 8 nitrogen and oxygen atoms in total. The van der Waals surface area contributed by atoms with E-state index in [2.05, 4.69) is 10.1 Å². The number of amides is 2. The van der Waals surface area contributed by atoms with Gasteiger partial charge in [-0.3, -0.25) is 19.3 Å². The molecule has 0 radical (unpaired) electrons. The van der Waals surface area contributed by atoms with Gasteiger partial charge in [0, 0.05) is 45.0 Å². The number of hydrogen-bond donors (Lipinski definition) is 0. The molecule has 0 aromatic carbocycles. The second-order valence-electron chi connectivity index (χ2n) is 6.34. The summed E-state index contributed by atoms with van der Waals surface area (Å²) in [6, 6.07) is 3.22. The number of rotatable bonds is 2. The van der Waals surface area contributed by atoms with Gasteiger partial charge < -0.3 is 14.5 Å². The number of morpholine rings is 1. The van der Waals surface area contributed by atoms with Gasteiger partial charge in [0.1, 0.15) is 6.61 Å². The Labute approximate surface area is 145 Å². The highest BCUT2D eigenvalue weighted by atomic mass is 16.5. The highest BCUT2D eigenvalue weighted by Gasteiger charge is 2.43. The van der Waals surface area contributed by atoms with Crippen molar-refractivity contribution < 1.29 is 14.3 Å². The summed E-state index contributed by atoms with van der Waals surface area (Å²) >= 11 is 0. The number of nitrogens with zero attached hydrogens (tertiary/aromatic N) is 5. The Morgan fingerprint density at radius 1 is 1.36 bits per heavy atom. The van der Waals surface area contributed by atoms with Crippen molar-refractivity contribution in [2.45, 2.75) is 18.6 Å². The summed E-state index contributed by atoms with van der Waals surface area (Å²) in [6.07, 6.45) is 5.17. The van der Waals surface area contributed by atoms with Gasteiger partial charge in [-0.05, 0) is 12.1 Å². The molecule has 4 heterocycles. The quantitative estimate of drug-likeness (QED) is 0.785. The van der Waals surface area contributed by atoms with Crippen LogP contribution in [-0.4, -0.2) is 57.8 Å². The minimum Gasteiger partial charge on any atom is -0.356 e. The third kappa shape index (κ3) is 2.58. The number of anilines is 1. The van der Waals surface area contributed by atoms with Gasteiger partial charge in [-0.15, -0.1) is 0 Å². The first kappa shape index (κ1) is 15.8. The summed E-state index contributed by atoms with van der Waals surface area (Å²) in [5.41, 5.74) is 2.51. The molecule has 0 N–H and O–H groups in total. The first-order valence-corrected chi connectivity index (χ1v) is 8.17. The van der Waals surface area contributed by atoms with Gasteiger partial charge in [0.15, 0.2) is 6.10 Å². The molecule has 2 amide bonds. The Hall–Kier alpha value is -2.74. The molecular weight excluding hydrogens is 322 g/mol. The molecule has 2 aliphatic heterocycles. The monoisotopic (exact) mass is 341 g/mol. The van der Waals surface area contributed by atoms with Crippen molar-refractivity contribution in [2.24, 2.45) is 7.05 Å². The minimum absolute atomic E-state index is 0.0998. The van der Waals surface area contributed by atoms with Gasteiger partial charge in [0.25, 0.3) is 5.91 Å². The number of aromatic nitrogens is 3. The second-order valence-corrected chi connectivity index (χ2v) is 6.34. The van der Waals surface area contributed by atoms with Crippen LogP contribution in [-0.2, 0) is 27.8 Å². The first-order valence-electron chi connectivity index (χ1n) is 8.17. The van der Waals surface area contributed by atoms with Gasteiger partial charge in [0.2, 0.25) is 5.91 Å². The summed E-state index contributed by atoms with van der Waals surface area (Å²) in [7, 11) is 3.50. The van der Waals surface area contributed by atoms with Crippen molar-refractivity contribution in [3.8, 4) is 0 Å². The third-order valence-corrected chi connectivity index (χ3v) is 4.79. The average molecular weight is 341 g/mol. The maximum Gasteiger partial charge on any atom is 0.258 e. The lowest BCUT2D eigenvalue weighted by atomic mass is 10.00. The zero-order chi connectivity index (χ0) is 17.6. The normalized spacial score (nSPS) is 23.0. The van der Waals surface area contributed by atoms with Crippen LogP contribution >= 0.6 is 0 Å². The number of hydrogen-bond acceptors (Lipinski definition) is 5. The van der Waals surface area contributed by atoms with Crippen LogP contribution in [0.1, 0.15) is 17.3 Å². The molecule has 0 unspecified atom stereocenters. The van der Waals surface area contributed by atoms with Gasteiger partial charge in [-0.2, -0.15) is 5.10 Å². The molecule has 0 bridgehead atoms. The molecule has 25 heavy (non-hydrogen) atoms. The highest BCUT2D eigenvalue weighted by Crippen LogP contribution is 2.33. The van der Waals surface area contributed by atoms with Crippen molar-refractivity contribution in [2.75, 3.05) is 25.1 Å². The van der Waals surface area contributed by atoms with Crippen LogP contribution in [0, 0.1) is 0 Å². The van der Waals surface area contributed by atoms with E-state index >= 15 is 0 Å². The Kier molecular flexibility index (Phi) is 3.76. The number of aryl methyl sites for hydroxylation is 1. The van der Waals surface area contributed by atoms with Crippen molar-refractivity contribution in [1.29, 1.82) is 0 Å². The van der Waals surface area contributed by atoms with Crippen LogP contribution in [0.25, 0.3) is 0 Å². The van der Waals surface area contributed by atoms with E-state index in [9.17, 15) is 9.59 Å². The van der Waals surface area contributed by atoms with E-state index in [1.165, 1.54) is 0 Å². The van der Waals surface area contributed by atoms with Crippen LogP contribution in [0.5, 0.6) is 0 Å². The standard InChI is InChI=1S/C17H19N5O3/c1-20-9-11(8-19-20)15-16(25-10-14(23)21(15)2)17(24)22-7-5-12-13(22)4-3-6-18-12/h3-4,6,8-9,15-16H,5,7,10H2,1-2H3/t15-,16-/m1/s1. The van der Waals surface area contributed by atoms with E-state index in [0.29, 0.717) is 6.54 Å². The SMILES string of the molecule is CN1C(=O)CO[C@@H](C(=O)N2CCc3ncccc32)[C@H]1c1cnn(C)c1. The summed E-state index contributed by atoms with van der Waals surface area (Å²) in [4.78, 5) is 32.9. The number of pyridine rings is 1. The predicted molar refractivity (Wildman–Crippen MR) is 88.8 cm³/mol. The van der Waals surface area contributed by atoms with Crippen molar-refractivity contribution in [3.05, 3.63) is 42.0 Å². The minimum atomic E-state index is -0.766. The average Bonchev–Trinajstić information content (AvgIpc) is 3.23. The van der Waals surface area contributed by atoms with Crippen LogP contribution in [0.15, 0.2) is 30.7 Å². The lowest BCUT2D eigenvalue weighted by molar-refractivity contribution is -0.161. The molecule has 8 heteroatoms. The molecule has 0 spiro atoms. The molecule has 4 rings (SSSR count). The number of likely N-dealkylation sites (N-methyl/N-ethyl adjacent to an activating group) is 1. The number of carbonyl (C=O) groups excluding carboxylic acids is 2. The Morgan fingerprint density at radius 2 is 2.20 bits per heavy atom. The molecule has 2 atom stereocenters. The van der Waals surface area contributed by atoms with E-state index in [4.69, 9.17) is 4.74 Å². The zero-order valence-corrected chi connectivity index (χ0v) is 14.1. The molecule has 2 aliphatic rings. The van der Waals surface area contributed by atoms with Crippen molar-refractivity contribution >= 4 is 17.5 Å². The lowest BCUT2D eigenvalue weighted by Gasteiger charge is -2.39. The van der Waals surface area contributed by atoms with E-state index in [1.54, 1.807) is 41.0 Å². The van der Waals surface area contributed by atoms with Crippen molar-refractivity contribution in [1.82, 2.24) is 19.7 Å². The molecule has 1 fully saturated rings. The topological polar surface area (TPSA) is 80.6 Å². The summed E-state index contributed by atoms with van der Waals surface area (Å²) in [5, 5.41) is 4.17. The Balaban J connectivity index is 1.67. The molecule has 2 aromatic heterocycles. The van der Waals surface area contributed by atoms with E-state index in [-0.39, 0.29) is 18.4 Å². The number of carbonyl (C=O) groups is 2. The molecule has 0 saturated carbocycles. The molecule has 2 aromatic rings. The van der Waals surface area contributed by atoms with Crippen LogP contribution < -0.4 is 4.90 Å². The van der Waals surface area contributed by atoms with Crippen LogP contribution in [0.2, 0.25) is 0 Å². The molecule has 130 valence electrons. The maximum atomic E-state index is 13.2. The third-order valence-electron chi connectivity index (χ3n) is 4.79. The lowest BCUT2D eigenvalue weighted by Crippen LogP contribution is -2.53. The Bertz CT molecular complexity index is 833. The fourth-order valence-electron chi connectivity index (χ4n) is 3.50. The first-order chi connectivity index (χ1) is 12.1. The van der Waals surface area contributed by atoms with E-state index < -0.39 is 12.1 Å². The van der Waals surface area contributed by atoms with E-state index in [1.807, 2.05) is 18.3 Å². The summed E-state index contributed by atoms with van der Waals surface area (Å²) < 4.78 is 7.34. The van der Waals surface area contributed by atoms with Gasteiger partial charge in [0.05, 0.1) is 23.6 Å². The van der Waals surface area contributed by atoms with Gasteiger partial charge in [-0.1, -0.05) is 0 Å².